The molecule has 6 heteroatoms. The average molecular weight is 300 g/mol. The third-order valence-electron chi connectivity index (χ3n) is 3.16. The van der Waals surface area contributed by atoms with E-state index in [1.165, 1.54) is 0 Å². The summed E-state index contributed by atoms with van der Waals surface area (Å²) < 4.78 is 0. The Balaban J connectivity index is 3.93. The van der Waals surface area contributed by atoms with Gasteiger partial charge in [-0.15, -0.1) is 0 Å². The van der Waals surface area contributed by atoms with Crippen LogP contribution in [-0.4, -0.2) is 47.4 Å². The van der Waals surface area contributed by atoms with Crippen molar-refractivity contribution in [1.82, 2.24) is 10.2 Å². The lowest BCUT2D eigenvalue weighted by atomic mass is 10.1. The van der Waals surface area contributed by atoms with E-state index < -0.39 is 11.9 Å². The molecule has 0 aliphatic rings. The maximum atomic E-state index is 12.0. The molecule has 0 aromatic heterocycles. The number of nitrogens with zero attached hydrogens (tertiary/aromatic N) is 1. The molecule has 0 bridgehead atoms. The van der Waals surface area contributed by atoms with Gasteiger partial charge in [-0.1, -0.05) is 20.8 Å². The minimum atomic E-state index is -0.930. The van der Waals surface area contributed by atoms with E-state index in [0.717, 1.165) is 25.9 Å². The van der Waals surface area contributed by atoms with E-state index in [0.29, 0.717) is 12.8 Å². The van der Waals surface area contributed by atoms with Gasteiger partial charge in [0, 0.05) is 32.5 Å². The summed E-state index contributed by atoms with van der Waals surface area (Å²) in [6.45, 7) is 7.25. The van der Waals surface area contributed by atoms with E-state index >= 15 is 0 Å². The molecule has 2 amide bonds. The Morgan fingerprint density at radius 1 is 1.10 bits per heavy atom. The second kappa shape index (κ2) is 11.1. The summed E-state index contributed by atoms with van der Waals surface area (Å²) in [6, 6.07) is 0. The normalized spacial score (nSPS) is 11.8. The number of rotatable bonds is 11. The second-order valence-electron chi connectivity index (χ2n) is 5.28. The van der Waals surface area contributed by atoms with Crippen molar-refractivity contribution < 1.29 is 19.5 Å². The third-order valence-corrected chi connectivity index (χ3v) is 3.16. The van der Waals surface area contributed by atoms with Crippen LogP contribution in [0.1, 0.15) is 52.9 Å². The standard InChI is InChI=1S/C15H28N2O4/c1-4-9-17(10-5-2)14(19)8-6-7-13(18)16-11-12(3)15(20)21/h12H,4-11H2,1-3H3,(H,16,18)(H,20,21)/t12-/m0/s1. The summed E-state index contributed by atoms with van der Waals surface area (Å²) in [5.74, 6) is -1.64. The lowest BCUT2D eigenvalue weighted by Crippen LogP contribution is -2.33. The molecule has 0 rings (SSSR count). The van der Waals surface area contributed by atoms with Crippen molar-refractivity contribution in [2.24, 2.45) is 5.92 Å². The number of carbonyl (C=O) groups excluding carboxylic acids is 2. The van der Waals surface area contributed by atoms with Crippen molar-refractivity contribution in [3.63, 3.8) is 0 Å². The Labute approximate surface area is 126 Å². The molecule has 1 atom stereocenters. The first kappa shape index (κ1) is 19.4. The van der Waals surface area contributed by atoms with Crippen LogP contribution in [0.15, 0.2) is 0 Å². The van der Waals surface area contributed by atoms with Gasteiger partial charge in [-0.05, 0) is 19.3 Å². The first-order valence-electron chi connectivity index (χ1n) is 7.69. The molecule has 6 nitrogen and oxygen atoms in total. The Kier molecular flexibility index (Phi) is 10.3. The molecule has 0 saturated carbocycles. The Hall–Kier alpha value is -1.59. The average Bonchev–Trinajstić information content (AvgIpc) is 2.44. The highest BCUT2D eigenvalue weighted by Gasteiger charge is 2.14. The van der Waals surface area contributed by atoms with Crippen LogP contribution in [0.3, 0.4) is 0 Å². The van der Waals surface area contributed by atoms with Gasteiger partial charge in [0.15, 0.2) is 0 Å². The molecule has 0 saturated heterocycles. The predicted octanol–water partition coefficient (Wildman–Crippen LogP) is 1.64. The fourth-order valence-corrected chi connectivity index (χ4v) is 1.90. The van der Waals surface area contributed by atoms with E-state index in [9.17, 15) is 14.4 Å². The number of carboxylic acids is 1. The molecule has 0 aromatic carbocycles. The van der Waals surface area contributed by atoms with Crippen LogP contribution in [0.4, 0.5) is 0 Å². The highest BCUT2D eigenvalue weighted by molar-refractivity contribution is 5.79. The van der Waals surface area contributed by atoms with Gasteiger partial charge in [0.1, 0.15) is 0 Å². The number of hydrogen-bond acceptors (Lipinski definition) is 3. The van der Waals surface area contributed by atoms with E-state index in [1.807, 2.05) is 18.7 Å². The van der Waals surface area contributed by atoms with Crippen LogP contribution >= 0.6 is 0 Å². The van der Waals surface area contributed by atoms with E-state index in [1.54, 1.807) is 6.92 Å². The van der Waals surface area contributed by atoms with Gasteiger partial charge >= 0.3 is 5.97 Å². The zero-order valence-corrected chi connectivity index (χ0v) is 13.4. The minimum Gasteiger partial charge on any atom is -0.481 e. The molecule has 0 spiro atoms. The minimum absolute atomic E-state index is 0.0883. The molecular formula is C15H28N2O4. The predicted molar refractivity (Wildman–Crippen MR) is 80.8 cm³/mol. The van der Waals surface area contributed by atoms with Gasteiger partial charge in [0.25, 0.3) is 0 Å². The molecule has 21 heavy (non-hydrogen) atoms. The molecular weight excluding hydrogens is 272 g/mol. The van der Waals surface area contributed by atoms with Gasteiger partial charge < -0.3 is 15.3 Å². The van der Waals surface area contributed by atoms with Crippen LogP contribution in [0.25, 0.3) is 0 Å². The summed E-state index contributed by atoms with van der Waals surface area (Å²) in [4.78, 5) is 36.0. The maximum Gasteiger partial charge on any atom is 0.308 e. The van der Waals surface area contributed by atoms with Crippen molar-refractivity contribution in [1.29, 1.82) is 0 Å². The first-order chi connectivity index (χ1) is 9.92. The van der Waals surface area contributed by atoms with E-state index in [4.69, 9.17) is 5.11 Å². The van der Waals surface area contributed by atoms with Crippen LogP contribution in [0.5, 0.6) is 0 Å². The van der Waals surface area contributed by atoms with Crippen molar-refractivity contribution in [3.05, 3.63) is 0 Å². The summed E-state index contributed by atoms with van der Waals surface area (Å²) in [5.41, 5.74) is 0. The smallest absolute Gasteiger partial charge is 0.308 e. The van der Waals surface area contributed by atoms with Crippen LogP contribution < -0.4 is 5.32 Å². The van der Waals surface area contributed by atoms with Gasteiger partial charge in [-0.25, -0.2) is 0 Å². The molecule has 0 radical (unpaired) electrons. The van der Waals surface area contributed by atoms with Crippen LogP contribution in [0, 0.1) is 5.92 Å². The van der Waals surface area contributed by atoms with Gasteiger partial charge in [-0.3, -0.25) is 14.4 Å². The molecule has 0 aromatic rings. The number of hydrogen-bond donors (Lipinski definition) is 2. The van der Waals surface area contributed by atoms with Crippen molar-refractivity contribution in [3.8, 4) is 0 Å². The zero-order valence-electron chi connectivity index (χ0n) is 13.4. The number of carboxylic acid groups (broad SMARTS) is 1. The molecule has 0 heterocycles. The summed E-state index contributed by atoms with van der Waals surface area (Å²) in [6.07, 6.45) is 2.97. The Morgan fingerprint density at radius 2 is 1.67 bits per heavy atom. The van der Waals surface area contributed by atoms with Crippen LogP contribution in [0.2, 0.25) is 0 Å². The van der Waals surface area contributed by atoms with Crippen LogP contribution in [-0.2, 0) is 14.4 Å². The summed E-state index contributed by atoms with van der Waals surface area (Å²) in [7, 11) is 0. The van der Waals surface area contributed by atoms with Crippen molar-refractivity contribution >= 4 is 17.8 Å². The lowest BCUT2D eigenvalue weighted by Gasteiger charge is -2.21. The zero-order chi connectivity index (χ0) is 16.3. The number of amides is 2. The fraction of sp³-hybridized carbons (Fsp3) is 0.800. The highest BCUT2D eigenvalue weighted by Crippen LogP contribution is 2.04. The second-order valence-corrected chi connectivity index (χ2v) is 5.28. The fourth-order valence-electron chi connectivity index (χ4n) is 1.90. The lowest BCUT2D eigenvalue weighted by molar-refractivity contribution is -0.141. The van der Waals surface area contributed by atoms with Crippen molar-refractivity contribution in [2.45, 2.75) is 52.9 Å². The topological polar surface area (TPSA) is 86.7 Å². The molecule has 0 aliphatic heterocycles. The summed E-state index contributed by atoms with van der Waals surface area (Å²) in [5, 5.41) is 11.3. The Bertz CT molecular complexity index is 339. The van der Waals surface area contributed by atoms with Gasteiger partial charge in [0.05, 0.1) is 5.92 Å². The highest BCUT2D eigenvalue weighted by atomic mass is 16.4. The number of carbonyl (C=O) groups is 3. The maximum absolute atomic E-state index is 12.0. The summed E-state index contributed by atoms with van der Waals surface area (Å²) >= 11 is 0. The first-order valence-corrected chi connectivity index (χ1v) is 7.69. The van der Waals surface area contributed by atoms with Gasteiger partial charge in [-0.2, -0.15) is 0 Å². The quantitative estimate of drug-likeness (QED) is 0.607. The molecule has 122 valence electrons. The van der Waals surface area contributed by atoms with E-state index in [2.05, 4.69) is 5.32 Å². The number of nitrogens with one attached hydrogen (secondary N) is 1. The SMILES string of the molecule is CCCN(CCC)C(=O)CCCC(=O)NC[C@H](C)C(=O)O. The molecule has 0 fully saturated rings. The molecule has 2 N–H and O–H groups in total. The Morgan fingerprint density at radius 3 is 2.14 bits per heavy atom. The third kappa shape index (κ3) is 9.05. The monoisotopic (exact) mass is 300 g/mol. The van der Waals surface area contributed by atoms with E-state index in [-0.39, 0.29) is 24.8 Å². The largest absolute Gasteiger partial charge is 0.481 e. The number of aliphatic carboxylic acids is 1. The van der Waals surface area contributed by atoms with Gasteiger partial charge in [0.2, 0.25) is 11.8 Å². The van der Waals surface area contributed by atoms with Crippen molar-refractivity contribution in [2.75, 3.05) is 19.6 Å². The molecule has 0 unspecified atom stereocenters. The molecule has 0 aliphatic carbocycles.